The third kappa shape index (κ3) is 4.86. The molecule has 0 aliphatic rings. The summed E-state index contributed by atoms with van der Waals surface area (Å²) >= 11 is 0. The van der Waals surface area contributed by atoms with Crippen molar-refractivity contribution in [2.75, 3.05) is 13.7 Å². The zero-order valence-electron chi connectivity index (χ0n) is 12.9. The minimum absolute atomic E-state index is 0.0117. The van der Waals surface area contributed by atoms with E-state index in [-0.39, 0.29) is 5.75 Å². The SMILES string of the molecule is COc1cccc(CCNS(=O)(=O)Cc2ccccc2C)c1. The molecule has 2 rings (SSSR count). The number of hydrogen-bond acceptors (Lipinski definition) is 3. The molecular formula is C17H21NO3S. The lowest BCUT2D eigenvalue weighted by atomic mass is 10.1. The van der Waals surface area contributed by atoms with Gasteiger partial charge in [-0.25, -0.2) is 13.1 Å². The first kappa shape index (κ1) is 16.5. The minimum atomic E-state index is -3.32. The summed E-state index contributed by atoms with van der Waals surface area (Å²) in [6.45, 7) is 2.29. The minimum Gasteiger partial charge on any atom is -0.497 e. The first-order chi connectivity index (χ1) is 10.5. The summed E-state index contributed by atoms with van der Waals surface area (Å²) in [5, 5.41) is 0. The van der Waals surface area contributed by atoms with Gasteiger partial charge in [-0.05, 0) is 42.2 Å². The zero-order valence-corrected chi connectivity index (χ0v) is 13.7. The van der Waals surface area contributed by atoms with Crippen LogP contribution in [0.4, 0.5) is 0 Å². The number of benzene rings is 2. The number of aryl methyl sites for hydroxylation is 1. The molecule has 2 aromatic rings. The van der Waals surface area contributed by atoms with E-state index in [0.29, 0.717) is 13.0 Å². The molecule has 4 nitrogen and oxygen atoms in total. The van der Waals surface area contributed by atoms with Gasteiger partial charge in [0.1, 0.15) is 5.75 Å². The molecule has 0 aliphatic heterocycles. The van der Waals surface area contributed by atoms with Crippen LogP contribution in [0.25, 0.3) is 0 Å². The van der Waals surface area contributed by atoms with Gasteiger partial charge < -0.3 is 4.74 Å². The summed E-state index contributed by atoms with van der Waals surface area (Å²) in [6.07, 6.45) is 0.629. The molecule has 0 unspecified atom stereocenters. The van der Waals surface area contributed by atoms with Gasteiger partial charge in [0, 0.05) is 6.54 Å². The van der Waals surface area contributed by atoms with E-state index in [9.17, 15) is 8.42 Å². The van der Waals surface area contributed by atoms with E-state index >= 15 is 0 Å². The van der Waals surface area contributed by atoms with Crippen molar-refractivity contribution >= 4 is 10.0 Å². The van der Waals surface area contributed by atoms with E-state index in [0.717, 1.165) is 22.4 Å². The number of hydrogen-bond donors (Lipinski definition) is 1. The summed E-state index contributed by atoms with van der Waals surface area (Å²) in [5.41, 5.74) is 2.86. The maximum atomic E-state index is 12.1. The molecule has 0 aliphatic carbocycles. The maximum Gasteiger partial charge on any atom is 0.215 e. The maximum absolute atomic E-state index is 12.1. The number of sulfonamides is 1. The predicted octanol–water partition coefficient (Wildman–Crippen LogP) is 2.67. The monoisotopic (exact) mass is 319 g/mol. The van der Waals surface area contributed by atoms with Crippen molar-refractivity contribution in [1.82, 2.24) is 4.72 Å². The van der Waals surface area contributed by atoms with Gasteiger partial charge in [-0.3, -0.25) is 0 Å². The molecule has 1 N–H and O–H groups in total. The normalized spacial score (nSPS) is 11.4. The Kier molecular flexibility index (Phi) is 5.57. The van der Waals surface area contributed by atoms with Crippen LogP contribution in [0.5, 0.6) is 5.75 Å². The van der Waals surface area contributed by atoms with Crippen LogP contribution in [0.1, 0.15) is 16.7 Å². The van der Waals surface area contributed by atoms with Crippen LogP contribution in [-0.4, -0.2) is 22.1 Å². The quantitative estimate of drug-likeness (QED) is 0.853. The van der Waals surface area contributed by atoms with Crippen LogP contribution in [-0.2, 0) is 22.2 Å². The highest BCUT2D eigenvalue weighted by atomic mass is 32.2. The van der Waals surface area contributed by atoms with E-state index < -0.39 is 10.0 Å². The number of methoxy groups -OCH3 is 1. The second-order valence-corrected chi connectivity index (χ2v) is 6.99. The molecule has 0 saturated carbocycles. The van der Waals surface area contributed by atoms with Crippen molar-refractivity contribution in [3.8, 4) is 5.75 Å². The lowest BCUT2D eigenvalue weighted by Gasteiger charge is -2.09. The predicted molar refractivity (Wildman–Crippen MR) is 88.5 cm³/mol. The molecule has 2 aromatic carbocycles. The highest BCUT2D eigenvalue weighted by Crippen LogP contribution is 2.13. The van der Waals surface area contributed by atoms with E-state index in [4.69, 9.17) is 4.74 Å². The summed E-state index contributed by atoms with van der Waals surface area (Å²) in [7, 11) is -1.71. The third-order valence-corrected chi connectivity index (χ3v) is 4.81. The van der Waals surface area contributed by atoms with Crippen LogP contribution in [0.2, 0.25) is 0 Å². The van der Waals surface area contributed by atoms with Gasteiger partial charge in [0.2, 0.25) is 10.0 Å². The molecule has 22 heavy (non-hydrogen) atoms. The molecule has 0 saturated heterocycles. The Balaban J connectivity index is 1.91. The molecule has 118 valence electrons. The van der Waals surface area contributed by atoms with Crippen molar-refractivity contribution in [3.63, 3.8) is 0 Å². The van der Waals surface area contributed by atoms with Gasteiger partial charge in [0.15, 0.2) is 0 Å². The van der Waals surface area contributed by atoms with Gasteiger partial charge in [0.25, 0.3) is 0 Å². The number of ether oxygens (including phenoxy) is 1. The van der Waals surface area contributed by atoms with Crippen molar-refractivity contribution in [2.24, 2.45) is 0 Å². The number of rotatable bonds is 7. The summed E-state index contributed by atoms with van der Waals surface area (Å²) in [5.74, 6) is 0.790. The van der Waals surface area contributed by atoms with Gasteiger partial charge in [0.05, 0.1) is 12.9 Å². The average molecular weight is 319 g/mol. The molecule has 5 heteroatoms. The van der Waals surface area contributed by atoms with E-state index in [1.165, 1.54) is 0 Å². The van der Waals surface area contributed by atoms with Crippen LogP contribution >= 0.6 is 0 Å². The summed E-state index contributed by atoms with van der Waals surface area (Å²) in [4.78, 5) is 0. The Bertz CT molecular complexity index is 726. The Labute approximate surface area is 132 Å². The topological polar surface area (TPSA) is 55.4 Å². The molecule has 0 radical (unpaired) electrons. The summed E-state index contributed by atoms with van der Waals surface area (Å²) in [6, 6.07) is 15.2. The highest BCUT2D eigenvalue weighted by molar-refractivity contribution is 7.88. The molecule has 0 bridgehead atoms. The lowest BCUT2D eigenvalue weighted by molar-refractivity contribution is 0.414. The van der Waals surface area contributed by atoms with Crippen LogP contribution in [0.3, 0.4) is 0 Å². The first-order valence-corrected chi connectivity index (χ1v) is 8.80. The lowest BCUT2D eigenvalue weighted by Crippen LogP contribution is -2.27. The fourth-order valence-electron chi connectivity index (χ4n) is 2.21. The second kappa shape index (κ2) is 7.42. The van der Waals surface area contributed by atoms with Crippen LogP contribution < -0.4 is 9.46 Å². The molecular weight excluding hydrogens is 298 g/mol. The first-order valence-electron chi connectivity index (χ1n) is 7.15. The Morgan fingerprint density at radius 2 is 1.86 bits per heavy atom. The van der Waals surface area contributed by atoms with Crippen molar-refractivity contribution < 1.29 is 13.2 Å². The molecule has 0 fully saturated rings. The average Bonchev–Trinajstić information content (AvgIpc) is 2.49. The standard InChI is InChI=1S/C17H21NO3S/c1-14-6-3-4-8-16(14)13-22(19,20)18-11-10-15-7-5-9-17(12-15)21-2/h3-9,12,18H,10-11,13H2,1-2H3. The van der Waals surface area contributed by atoms with E-state index in [2.05, 4.69) is 4.72 Å². The highest BCUT2D eigenvalue weighted by Gasteiger charge is 2.12. The Morgan fingerprint density at radius 1 is 1.09 bits per heavy atom. The van der Waals surface area contributed by atoms with E-state index in [1.807, 2.05) is 55.5 Å². The zero-order chi connectivity index (χ0) is 16.0. The van der Waals surface area contributed by atoms with Crippen molar-refractivity contribution in [3.05, 3.63) is 65.2 Å². The molecule has 0 atom stereocenters. The van der Waals surface area contributed by atoms with Crippen molar-refractivity contribution in [2.45, 2.75) is 19.1 Å². The largest absolute Gasteiger partial charge is 0.497 e. The second-order valence-electron chi connectivity index (χ2n) is 5.18. The van der Waals surface area contributed by atoms with Crippen LogP contribution in [0, 0.1) is 6.92 Å². The van der Waals surface area contributed by atoms with Gasteiger partial charge >= 0.3 is 0 Å². The Morgan fingerprint density at radius 3 is 2.59 bits per heavy atom. The van der Waals surface area contributed by atoms with Gasteiger partial charge in [-0.1, -0.05) is 36.4 Å². The number of nitrogens with one attached hydrogen (secondary N) is 1. The molecule has 0 spiro atoms. The van der Waals surface area contributed by atoms with Crippen molar-refractivity contribution in [1.29, 1.82) is 0 Å². The summed E-state index contributed by atoms with van der Waals surface area (Å²) < 4.78 is 32.1. The van der Waals surface area contributed by atoms with Gasteiger partial charge in [-0.15, -0.1) is 0 Å². The fraction of sp³-hybridized carbons (Fsp3) is 0.294. The molecule has 0 heterocycles. The van der Waals surface area contributed by atoms with Crippen LogP contribution in [0.15, 0.2) is 48.5 Å². The molecule has 0 amide bonds. The fourth-order valence-corrected chi connectivity index (χ4v) is 3.46. The van der Waals surface area contributed by atoms with Gasteiger partial charge in [-0.2, -0.15) is 0 Å². The molecule has 0 aromatic heterocycles. The third-order valence-electron chi connectivity index (χ3n) is 3.48. The van der Waals surface area contributed by atoms with E-state index in [1.54, 1.807) is 7.11 Å². The Hall–Kier alpha value is -1.85. The smallest absolute Gasteiger partial charge is 0.215 e.